The zero-order valence-electron chi connectivity index (χ0n) is 8.13. The Bertz CT molecular complexity index is 348. The van der Waals surface area contributed by atoms with E-state index in [4.69, 9.17) is 5.11 Å². The van der Waals surface area contributed by atoms with Gasteiger partial charge in [0.15, 0.2) is 0 Å². The third-order valence-electron chi connectivity index (χ3n) is 1.78. The summed E-state index contributed by atoms with van der Waals surface area (Å²) in [5.74, 6) is -0.196. The summed E-state index contributed by atoms with van der Waals surface area (Å²) in [7, 11) is 0. The second-order valence-corrected chi connectivity index (χ2v) is 5.05. The summed E-state index contributed by atoms with van der Waals surface area (Å²) in [4.78, 5) is 11.7. The molecule has 0 radical (unpaired) electrons. The summed E-state index contributed by atoms with van der Waals surface area (Å²) in [5.41, 5.74) is 0.552. The molecule has 5 heteroatoms. The molecular weight excluding hydrogens is 326 g/mol. The molecule has 0 aliphatic carbocycles. The summed E-state index contributed by atoms with van der Waals surface area (Å²) < 4.78 is 1.66. The maximum Gasteiger partial charge on any atom is 0.251 e. The van der Waals surface area contributed by atoms with E-state index in [1.807, 2.05) is 6.07 Å². The van der Waals surface area contributed by atoms with Gasteiger partial charge in [-0.3, -0.25) is 4.79 Å². The zero-order chi connectivity index (χ0) is 11.4. The predicted octanol–water partition coefficient (Wildman–Crippen LogP) is 2.32. The van der Waals surface area contributed by atoms with E-state index >= 15 is 0 Å². The van der Waals surface area contributed by atoms with E-state index in [9.17, 15) is 4.79 Å². The Balaban J connectivity index is 2.82. The van der Waals surface area contributed by atoms with Crippen LogP contribution in [-0.2, 0) is 0 Å². The number of aliphatic hydroxyl groups is 1. The molecule has 1 atom stereocenters. The Morgan fingerprint density at radius 1 is 1.40 bits per heavy atom. The second-order valence-electron chi connectivity index (χ2n) is 3.22. The van der Waals surface area contributed by atoms with Crippen LogP contribution in [0.15, 0.2) is 27.1 Å². The van der Waals surface area contributed by atoms with Gasteiger partial charge in [-0.2, -0.15) is 0 Å². The van der Waals surface area contributed by atoms with E-state index in [1.165, 1.54) is 0 Å². The van der Waals surface area contributed by atoms with E-state index in [-0.39, 0.29) is 18.6 Å². The molecule has 0 bridgehead atoms. The number of carbonyl (C=O) groups excluding carboxylic acids is 1. The highest BCUT2D eigenvalue weighted by molar-refractivity contribution is 9.11. The minimum Gasteiger partial charge on any atom is -0.394 e. The molecule has 0 aliphatic rings. The summed E-state index contributed by atoms with van der Waals surface area (Å²) in [6.45, 7) is 1.67. The fourth-order valence-electron chi connectivity index (χ4n) is 1.04. The smallest absolute Gasteiger partial charge is 0.251 e. The van der Waals surface area contributed by atoms with Crippen molar-refractivity contribution in [2.24, 2.45) is 0 Å². The van der Waals surface area contributed by atoms with Crippen molar-refractivity contribution < 1.29 is 9.90 Å². The number of hydrogen-bond donors (Lipinski definition) is 2. The van der Waals surface area contributed by atoms with E-state index in [0.29, 0.717) is 5.56 Å². The van der Waals surface area contributed by atoms with Crippen LogP contribution in [0.4, 0.5) is 0 Å². The standard InChI is InChI=1S/C10H11Br2NO2/c1-6(5-14)13-10(15)7-2-8(11)4-9(12)3-7/h2-4,6,14H,5H2,1H3,(H,13,15)/t6-/m0/s1. The highest BCUT2D eigenvalue weighted by atomic mass is 79.9. The molecule has 82 valence electrons. The summed E-state index contributed by atoms with van der Waals surface area (Å²) in [5, 5.41) is 11.5. The molecule has 0 spiro atoms. The van der Waals surface area contributed by atoms with Crippen LogP contribution in [0.2, 0.25) is 0 Å². The summed E-state index contributed by atoms with van der Waals surface area (Å²) in [6.07, 6.45) is 0. The quantitative estimate of drug-likeness (QED) is 0.890. The number of nitrogens with one attached hydrogen (secondary N) is 1. The first kappa shape index (κ1) is 12.7. The molecule has 0 unspecified atom stereocenters. The summed E-state index contributed by atoms with van der Waals surface area (Å²) >= 11 is 6.61. The minimum absolute atomic E-state index is 0.0685. The Morgan fingerprint density at radius 2 is 1.93 bits per heavy atom. The van der Waals surface area contributed by atoms with Crippen LogP contribution in [0.25, 0.3) is 0 Å². The van der Waals surface area contributed by atoms with Crippen molar-refractivity contribution in [1.82, 2.24) is 5.32 Å². The number of rotatable bonds is 3. The van der Waals surface area contributed by atoms with Crippen molar-refractivity contribution in [3.05, 3.63) is 32.7 Å². The average Bonchev–Trinajstić information content (AvgIpc) is 2.16. The highest BCUT2D eigenvalue weighted by Gasteiger charge is 2.09. The maximum absolute atomic E-state index is 11.7. The number of hydrogen-bond acceptors (Lipinski definition) is 2. The van der Waals surface area contributed by atoms with Crippen LogP contribution in [0.3, 0.4) is 0 Å². The molecule has 1 amide bonds. The molecule has 0 aliphatic heterocycles. The molecular formula is C10H11Br2NO2. The van der Waals surface area contributed by atoms with Gasteiger partial charge in [-0.25, -0.2) is 0 Å². The van der Waals surface area contributed by atoms with E-state index in [1.54, 1.807) is 19.1 Å². The Labute approximate surface area is 105 Å². The molecule has 0 saturated heterocycles. The van der Waals surface area contributed by atoms with Gasteiger partial charge in [0.25, 0.3) is 5.91 Å². The predicted molar refractivity (Wildman–Crippen MR) is 65.9 cm³/mol. The van der Waals surface area contributed by atoms with Gasteiger partial charge in [0, 0.05) is 20.6 Å². The molecule has 0 heterocycles. The lowest BCUT2D eigenvalue weighted by molar-refractivity contribution is 0.0922. The fourth-order valence-corrected chi connectivity index (χ4v) is 2.33. The van der Waals surface area contributed by atoms with Gasteiger partial charge < -0.3 is 10.4 Å². The van der Waals surface area contributed by atoms with Crippen LogP contribution < -0.4 is 5.32 Å². The van der Waals surface area contributed by atoms with Crippen molar-refractivity contribution in [3.8, 4) is 0 Å². The van der Waals surface area contributed by atoms with Crippen LogP contribution in [0, 0.1) is 0 Å². The van der Waals surface area contributed by atoms with Crippen LogP contribution in [0.5, 0.6) is 0 Å². The molecule has 0 fully saturated rings. The number of aliphatic hydroxyl groups excluding tert-OH is 1. The molecule has 0 saturated carbocycles. The van der Waals surface area contributed by atoms with Gasteiger partial charge in [0.2, 0.25) is 0 Å². The molecule has 15 heavy (non-hydrogen) atoms. The third kappa shape index (κ3) is 3.93. The summed E-state index contributed by atoms with van der Waals surface area (Å²) in [6, 6.07) is 5.07. The average molecular weight is 337 g/mol. The van der Waals surface area contributed by atoms with Crippen molar-refractivity contribution in [1.29, 1.82) is 0 Å². The third-order valence-corrected chi connectivity index (χ3v) is 2.69. The van der Waals surface area contributed by atoms with Crippen LogP contribution in [-0.4, -0.2) is 23.7 Å². The lowest BCUT2D eigenvalue weighted by atomic mass is 10.2. The lowest BCUT2D eigenvalue weighted by Crippen LogP contribution is -2.34. The highest BCUT2D eigenvalue weighted by Crippen LogP contribution is 2.20. The van der Waals surface area contributed by atoms with E-state index < -0.39 is 0 Å². The minimum atomic E-state index is -0.241. The molecule has 1 rings (SSSR count). The number of halogens is 2. The molecule has 1 aromatic rings. The molecule has 0 aromatic heterocycles. The van der Waals surface area contributed by atoms with Crippen LogP contribution in [0.1, 0.15) is 17.3 Å². The van der Waals surface area contributed by atoms with Gasteiger partial charge in [-0.1, -0.05) is 31.9 Å². The molecule has 3 nitrogen and oxygen atoms in total. The second kappa shape index (κ2) is 5.63. The number of carbonyl (C=O) groups is 1. The zero-order valence-corrected chi connectivity index (χ0v) is 11.3. The first-order valence-corrected chi connectivity index (χ1v) is 5.99. The van der Waals surface area contributed by atoms with Gasteiger partial charge in [0.1, 0.15) is 0 Å². The van der Waals surface area contributed by atoms with Crippen LogP contribution >= 0.6 is 31.9 Å². The number of benzene rings is 1. The Morgan fingerprint density at radius 3 is 2.40 bits per heavy atom. The van der Waals surface area contributed by atoms with Crippen molar-refractivity contribution in [2.75, 3.05) is 6.61 Å². The number of amides is 1. The Hall–Kier alpha value is -0.390. The van der Waals surface area contributed by atoms with Crippen molar-refractivity contribution in [2.45, 2.75) is 13.0 Å². The Kier molecular flexibility index (Phi) is 4.76. The monoisotopic (exact) mass is 335 g/mol. The topological polar surface area (TPSA) is 49.3 Å². The SMILES string of the molecule is C[C@@H](CO)NC(=O)c1cc(Br)cc(Br)c1. The largest absolute Gasteiger partial charge is 0.394 e. The van der Waals surface area contributed by atoms with Gasteiger partial charge in [-0.05, 0) is 25.1 Å². The maximum atomic E-state index is 11.7. The lowest BCUT2D eigenvalue weighted by Gasteiger charge is -2.11. The van der Waals surface area contributed by atoms with Gasteiger partial charge >= 0.3 is 0 Å². The van der Waals surface area contributed by atoms with Crippen molar-refractivity contribution >= 4 is 37.8 Å². The van der Waals surface area contributed by atoms with Gasteiger partial charge in [0.05, 0.1) is 6.61 Å². The normalized spacial score (nSPS) is 12.3. The fraction of sp³-hybridized carbons (Fsp3) is 0.300. The first-order valence-electron chi connectivity index (χ1n) is 4.40. The molecule has 1 aromatic carbocycles. The van der Waals surface area contributed by atoms with Gasteiger partial charge in [-0.15, -0.1) is 0 Å². The molecule has 2 N–H and O–H groups in total. The van der Waals surface area contributed by atoms with E-state index in [0.717, 1.165) is 8.95 Å². The van der Waals surface area contributed by atoms with E-state index in [2.05, 4.69) is 37.2 Å². The first-order chi connectivity index (χ1) is 7.02. The van der Waals surface area contributed by atoms with Crippen molar-refractivity contribution in [3.63, 3.8) is 0 Å².